The topological polar surface area (TPSA) is 144 Å². The van der Waals surface area contributed by atoms with Crippen molar-refractivity contribution in [3.05, 3.63) is 58.9 Å². The van der Waals surface area contributed by atoms with E-state index in [4.69, 9.17) is 0 Å². The standard InChI is InChI=1S/C32H39N7O5/c1-2-34-36-29(41)22-6-7-24(33-18-22)21-12-14-37(15-13-21)19-20-10-16-38(17-11-20)25-5-3-4-23-28(25)32(44)39(31(23)43)26-8-9-27(40)35-30(26)42/h3-7,18,20-21,26,34H,2,8-17,19H2,1H3,(H,36,41)(H,35,40,42). The van der Waals surface area contributed by atoms with E-state index in [2.05, 4.69) is 31.0 Å². The second kappa shape index (κ2) is 12.8. The van der Waals surface area contributed by atoms with E-state index in [1.807, 2.05) is 25.1 Å². The molecule has 3 N–H and O–H groups in total. The van der Waals surface area contributed by atoms with Gasteiger partial charge in [0.2, 0.25) is 11.8 Å². The molecule has 1 unspecified atom stereocenters. The van der Waals surface area contributed by atoms with Gasteiger partial charge >= 0.3 is 0 Å². The number of hydrogen-bond acceptors (Lipinski definition) is 9. The molecule has 44 heavy (non-hydrogen) atoms. The fraction of sp³-hybridized carbons (Fsp3) is 0.500. The van der Waals surface area contributed by atoms with Crippen LogP contribution >= 0.6 is 0 Å². The highest BCUT2D eigenvalue weighted by atomic mass is 16.2. The molecule has 1 aromatic carbocycles. The van der Waals surface area contributed by atoms with E-state index < -0.39 is 23.8 Å². The molecule has 0 aliphatic carbocycles. The first-order valence-corrected chi connectivity index (χ1v) is 15.6. The van der Waals surface area contributed by atoms with Crippen LogP contribution in [0.15, 0.2) is 36.5 Å². The Kier molecular flexibility index (Phi) is 8.72. The Balaban J connectivity index is 1.01. The lowest BCUT2D eigenvalue weighted by atomic mass is 9.90. The number of anilines is 1. The zero-order valence-corrected chi connectivity index (χ0v) is 25.0. The number of hydrazine groups is 1. The third-order valence-corrected chi connectivity index (χ3v) is 9.35. The molecule has 12 nitrogen and oxygen atoms in total. The van der Waals surface area contributed by atoms with E-state index in [1.54, 1.807) is 18.3 Å². The number of carbonyl (C=O) groups is 5. The van der Waals surface area contributed by atoms with Gasteiger partial charge in [0.1, 0.15) is 6.04 Å². The fourth-order valence-corrected chi connectivity index (χ4v) is 6.92. The molecule has 1 atom stereocenters. The predicted octanol–water partition coefficient (Wildman–Crippen LogP) is 1.83. The summed E-state index contributed by atoms with van der Waals surface area (Å²) >= 11 is 0. The molecule has 12 heteroatoms. The lowest BCUT2D eigenvalue weighted by Gasteiger charge is -2.38. The fourth-order valence-electron chi connectivity index (χ4n) is 6.92. The lowest BCUT2D eigenvalue weighted by molar-refractivity contribution is -0.136. The number of nitrogens with one attached hydrogen (secondary N) is 3. The second-order valence-electron chi connectivity index (χ2n) is 12.1. The summed E-state index contributed by atoms with van der Waals surface area (Å²) in [5.41, 5.74) is 8.47. The molecule has 0 saturated carbocycles. The minimum absolute atomic E-state index is 0.100. The highest BCUT2D eigenvalue weighted by molar-refractivity contribution is 6.25. The molecule has 4 aliphatic heterocycles. The minimum atomic E-state index is -0.965. The van der Waals surface area contributed by atoms with Crippen molar-refractivity contribution in [3.63, 3.8) is 0 Å². The van der Waals surface area contributed by atoms with E-state index in [0.29, 0.717) is 35.1 Å². The van der Waals surface area contributed by atoms with Crippen LogP contribution in [0.3, 0.4) is 0 Å². The van der Waals surface area contributed by atoms with Crippen molar-refractivity contribution in [2.75, 3.05) is 44.2 Å². The molecule has 0 spiro atoms. The van der Waals surface area contributed by atoms with Crippen LogP contribution in [0.4, 0.5) is 5.69 Å². The van der Waals surface area contributed by atoms with Crippen molar-refractivity contribution in [2.24, 2.45) is 5.92 Å². The molecule has 2 aromatic rings. The Morgan fingerprint density at radius 1 is 0.955 bits per heavy atom. The van der Waals surface area contributed by atoms with Crippen LogP contribution in [-0.2, 0) is 9.59 Å². The second-order valence-corrected chi connectivity index (χ2v) is 12.1. The smallest absolute Gasteiger partial charge is 0.266 e. The Hall–Kier alpha value is -4.16. The summed E-state index contributed by atoms with van der Waals surface area (Å²) in [5.74, 6) is -1.16. The van der Waals surface area contributed by atoms with Gasteiger partial charge in [0, 0.05) is 50.4 Å². The third kappa shape index (κ3) is 5.96. The van der Waals surface area contributed by atoms with Crippen molar-refractivity contribution in [2.45, 2.75) is 57.4 Å². The monoisotopic (exact) mass is 601 g/mol. The minimum Gasteiger partial charge on any atom is -0.371 e. The molecule has 0 bridgehead atoms. The highest BCUT2D eigenvalue weighted by Crippen LogP contribution is 2.36. The van der Waals surface area contributed by atoms with Crippen LogP contribution in [0.25, 0.3) is 0 Å². The third-order valence-electron chi connectivity index (χ3n) is 9.35. The number of carbonyl (C=O) groups excluding carboxylic acids is 5. The predicted molar refractivity (Wildman–Crippen MR) is 162 cm³/mol. The molecule has 232 valence electrons. The largest absolute Gasteiger partial charge is 0.371 e. The van der Waals surface area contributed by atoms with Crippen molar-refractivity contribution in [1.29, 1.82) is 0 Å². The number of amides is 5. The van der Waals surface area contributed by atoms with Crippen LogP contribution in [0, 0.1) is 5.92 Å². The van der Waals surface area contributed by atoms with Gasteiger partial charge in [-0.3, -0.25) is 44.6 Å². The quantitative estimate of drug-likeness (QED) is 0.305. The van der Waals surface area contributed by atoms with E-state index >= 15 is 0 Å². The number of rotatable bonds is 8. The summed E-state index contributed by atoms with van der Waals surface area (Å²) in [5, 5.41) is 2.26. The normalized spacial score (nSPS) is 21.9. The van der Waals surface area contributed by atoms with Crippen LogP contribution < -0.4 is 21.1 Å². The number of hydrogen-bond donors (Lipinski definition) is 3. The summed E-state index contributed by atoms with van der Waals surface area (Å²) < 4.78 is 0. The first-order chi connectivity index (χ1) is 21.3. The summed E-state index contributed by atoms with van der Waals surface area (Å²) in [6.07, 6.45) is 5.94. The Morgan fingerprint density at radius 3 is 2.41 bits per heavy atom. The number of fused-ring (bicyclic) bond motifs is 1. The van der Waals surface area contributed by atoms with Gasteiger partial charge < -0.3 is 9.80 Å². The van der Waals surface area contributed by atoms with Gasteiger partial charge in [0.05, 0.1) is 22.4 Å². The molecular formula is C32H39N7O5. The molecule has 6 rings (SSSR count). The number of piperidine rings is 3. The molecule has 3 saturated heterocycles. The van der Waals surface area contributed by atoms with E-state index in [-0.39, 0.29) is 24.7 Å². The molecule has 3 fully saturated rings. The van der Waals surface area contributed by atoms with Gasteiger partial charge in [-0.05, 0) is 75.4 Å². The summed E-state index contributed by atoms with van der Waals surface area (Å²) in [6.45, 7) is 7.19. The highest BCUT2D eigenvalue weighted by Gasteiger charge is 2.46. The van der Waals surface area contributed by atoms with Gasteiger partial charge in [-0.2, -0.15) is 0 Å². The van der Waals surface area contributed by atoms with Crippen LogP contribution in [0.1, 0.15) is 88.1 Å². The van der Waals surface area contributed by atoms with Crippen LogP contribution in [-0.4, -0.2) is 89.6 Å². The van der Waals surface area contributed by atoms with Gasteiger partial charge in [0.25, 0.3) is 17.7 Å². The molecular weight excluding hydrogens is 562 g/mol. The maximum absolute atomic E-state index is 13.5. The summed E-state index contributed by atoms with van der Waals surface area (Å²) in [4.78, 5) is 73.3. The number of aromatic nitrogens is 1. The number of benzene rings is 1. The van der Waals surface area contributed by atoms with E-state index in [0.717, 1.165) is 74.7 Å². The van der Waals surface area contributed by atoms with E-state index in [9.17, 15) is 24.0 Å². The van der Waals surface area contributed by atoms with Gasteiger partial charge in [-0.25, -0.2) is 5.43 Å². The van der Waals surface area contributed by atoms with Crippen LogP contribution in [0.5, 0.6) is 0 Å². The van der Waals surface area contributed by atoms with Crippen molar-refractivity contribution >= 4 is 35.2 Å². The molecule has 5 amide bonds. The lowest BCUT2D eigenvalue weighted by Crippen LogP contribution is -2.54. The maximum atomic E-state index is 13.5. The molecule has 1 aromatic heterocycles. The molecule has 5 heterocycles. The zero-order valence-electron chi connectivity index (χ0n) is 25.0. The molecule has 4 aliphatic rings. The van der Waals surface area contributed by atoms with E-state index in [1.165, 1.54) is 0 Å². The average molecular weight is 602 g/mol. The van der Waals surface area contributed by atoms with Crippen molar-refractivity contribution in [1.82, 2.24) is 31.0 Å². The van der Waals surface area contributed by atoms with Crippen LogP contribution in [0.2, 0.25) is 0 Å². The average Bonchev–Trinajstić information content (AvgIpc) is 3.30. The number of imide groups is 2. The van der Waals surface area contributed by atoms with Gasteiger partial charge in [-0.15, -0.1) is 0 Å². The Bertz CT molecular complexity index is 1450. The zero-order chi connectivity index (χ0) is 30.8. The molecule has 0 radical (unpaired) electrons. The van der Waals surface area contributed by atoms with Gasteiger partial charge in [-0.1, -0.05) is 13.0 Å². The SMILES string of the molecule is CCNNC(=O)c1ccc(C2CCN(CC3CCN(c4cccc5c4C(=O)N(C4CCC(=O)NC4=O)C5=O)CC3)CC2)nc1. The summed E-state index contributed by atoms with van der Waals surface area (Å²) in [6, 6.07) is 8.18. The Labute approximate surface area is 256 Å². The maximum Gasteiger partial charge on any atom is 0.266 e. The first kappa shape index (κ1) is 29.9. The Morgan fingerprint density at radius 2 is 1.73 bits per heavy atom. The number of pyridine rings is 1. The van der Waals surface area contributed by atoms with Crippen molar-refractivity contribution in [3.8, 4) is 0 Å². The number of likely N-dealkylation sites (tertiary alicyclic amines) is 1. The van der Waals surface area contributed by atoms with Gasteiger partial charge in [0.15, 0.2) is 0 Å². The number of nitrogens with zero attached hydrogens (tertiary/aromatic N) is 4. The van der Waals surface area contributed by atoms with Crippen molar-refractivity contribution < 1.29 is 24.0 Å². The first-order valence-electron chi connectivity index (χ1n) is 15.6. The summed E-state index contributed by atoms with van der Waals surface area (Å²) in [7, 11) is 0.